The molecule has 0 radical (unpaired) electrons. The van der Waals surface area contributed by atoms with Crippen LogP contribution in [-0.2, 0) is 11.2 Å². The first kappa shape index (κ1) is 15.4. The minimum Gasteiger partial charge on any atom is -0.409 e. The number of piperidine rings is 1. The van der Waals surface area contributed by atoms with Gasteiger partial charge in [-0.3, -0.25) is 4.79 Å². The SMILES string of the molecule is CC1(C)CCCN(C(=O)Cc2ccc(C(N)=NO)cc2)C1. The summed E-state index contributed by atoms with van der Waals surface area (Å²) in [7, 11) is 0. The Morgan fingerprint density at radius 2 is 2.05 bits per heavy atom. The third-order valence-electron chi connectivity index (χ3n) is 3.97. The van der Waals surface area contributed by atoms with Crippen molar-refractivity contribution in [3.05, 3.63) is 35.4 Å². The van der Waals surface area contributed by atoms with Crippen LogP contribution in [0.5, 0.6) is 0 Å². The van der Waals surface area contributed by atoms with Crippen LogP contribution in [0.2, 0.25) is 0 Å². The Kier molecular flexibility index (Phi) is 4.50. The van der Waals surface area contributed by atoms with Gasteiger partial charge in [-0.1, -0.05) is 43.3 Å². The Balaban J connectivity index is 1.99. The molecule has 5 heteroatoms. The summed E-state index contributed by atoms with van der Waals surface area (Å²) in [5.41, 5.74) is 7.32. The molecule has 0 aromatic heterocycles. The van der Waals surface area contributed by atoms with Gasteiger partial charge in [-0.25, -0.2) is 0 Å². The molecule has 21 heavy (non-hydrogen) atoms. The molecule has 1 aliphatic heterocycles. The van der Waals surface area contributed by atoms with Crippen molar-refractivity contribution in [1.29, 1.82) is 0 Å². The molecule has 2 rings (SSSR count). The number of likely N-dealkylation sites (tertiary alicyclic amines) is 1. The summed E-state index contributed by atoms with van der Waals surface area (Å²) < 4.78 is 0. The zero-order valence-corrected chi connectivity index (χ0v) is 12.7. The van der Waals surface area contributed by atoms with Crippen molar-refractivity contribution in [2.24, 2.45) is 16.3 Å². The second-order valence-electron chi connectivity index (χ2n) is 6.44. The van der Waals surface area contributed by atoms with Crippen molar-refractivity contribution in [2.45, 2.75) is 33.1 Å². The Hall–Kier alpha value is -2.04. The standard InChI is InChI=1S/C16H23N3O2/c1-16(2)8-3-9-19(11-16)14(20)10-12-4-6-13(7-5-12)15(17)18-21/h4-7,21H,3,8-11H2,1-2H3,(H2,17,18). The Bertz CT molecular complexity index is 535. The third kappa shape index (κ3) is 3.97. The lowest BCUT2D eigenvalue weighted by Crippen LogP contribution is -2.44. The number of benzene rings is 1. The summed E-state index contributed by atoms with van der Waals surface area (Å²) in [6, 6.07) is 7.22. The predicted molar refractivity (Wildman–Crippen MR) is 82.3 cm³/mol. The summed E-state index contributed by atoms with van der Waals surface area (Å²) in [5.74, 6) is 0.241. The van der Waals surface area contributed by atoms with Crippen molar-refractivity contribution in [3.8, 4) is 0 Å². The van der Waals surface area contributed by atoms with Crippen LogP contribution in [-0.4, -0.2) is 34.9 Å². The number of nitrogens with zero attached hydrogens (tertiary/aromatic N) is 2. The molecule has 1 aliphatic rings. The topological polar surface area (TPSA) is 78.9 Å². The highest BCUT2D eigenvalue weighted by Gasteiger charge is 2.28. The number of rotatable bonds is 3. The maximum absolute atomic E-state index is 12.4. The fraction of sp³-hybridized carbons (Fsp3) is 0.500. The highest BCUT2D eigenvalue weighted by Crippen LogP contribution is 2.28. The van der Waals surface area contributed by atoms with Gasteiger partial charge >= 0.3 is 0 Å². The highest BCUT2D eigenvalue weighted by atomic mass is 16.4. The van der Waals surface area contributed by atoms with Gasteiger partial charge in [-0.05, 0) is 23.8 Å². The molecule has 0 aliphatic carbocycles. The number of carbonyl (C=O) groups is 1. The van der Waals surface area contributed by atoms with E-state index >= 15 is 0 Å². The van der Waals surface area contributed by atoms with Crippen LogP contribution in [0.4, 0.5) is 0 Å². The van der Waals surface area contributed by atoms with E-state index in [1.807, 2.05) is 17.0 Å². The highest BCUT2D eigenvalue weighted by molar-refractivity contribution is 5.97. The van der Waals surface area contributed by atoms with Crippen LogP contribution in [0.25, 0.3) is 0 Å². The number of nitrogens with two attached hydrogens (primary N) is 1. The van der Waals surface area contributed by atoms with E-state index in [1.54, 1.807) is 12.1 Å². The van der Waals surface area contributed by atoms with E-state index in [9.17, 15) is 4.79 Å². The molecular formula is C16H23N3O2. The molecule has 1 amide bonds. The van der Waals surface area contributed by atoms with E-state index in [-0.39, 0.29) is 17.2 Å². The Labute approximate surface area is 125 Å². The summed E-state index contributed by atoms with van der Waals surface area (Å²) in [6.07, 6.45) is 2.64. The van der Waals surface area contributed by atoms with Crippen molar-refractivity contribution >= 4 is 11.7 Å². The van der Waals surface area contributed by atoms with Gasteiger partial charge in [-0.2, -0.15) is 0 Å². The molecule has 1 aromatic rings. The van der Waals surface area contributed by atoms with Crippen LogP contribution in [0.1, 0.15) is 37.8 Å². The van der Waals surface area contributed by atoms with E-state index in [4.69, 9.17) is 10.9 Å². The summed E-state index contributed by atoms with van der Waals surface area (Å²) in [5, 5.41) is 11.6. The largest absolute Gasteiger partial charge is 0.409 e. The number of hydrogen-bond donors (Lipinski definition) is 2. The number of amidine groups is 1. The van der Waals surface area contributed by atoms with E-state index in [0.717, 1.165) is 25.1 Å². The van der Waals surface area contributed by atoms with E-state index in [0.29, 0.717) is 12.0 Å². The van der Waals surface area contributed by atoms with Crippen LogP contribution in [0, 0.1) is 5.41 Å². The van der Waals surface area contributed by atoms with Crippen LogP contribution >= 0.6 is 0 Å². The first-order chi connectivity index (χ1) is 9.91. The van der Waals surface area contributed by atoms with E-state index in [2.05, 4.69) is 19.0 Å². The molecule has 0 atom stereocenters. The molecule has 0 bridgehead atoms. The van der Waals surface area contributed by atoms with Crippen molar-refractivity contribution in [3.63, 3.8) is 0 Å². The van der Waals surface area contributed by atoms with Gasteiger partial charge in [0, 0.05) is 18.7 Å². The second kappa shape index (κ2) is 6.16. The molecule has 3 N–H and O–H groups in total. The lowest BCUT2D eigenvalue weighted by Gasteiger charge is -2.38. The van der Waals surface area contributed by atoms with Gasteiger partial charge in [0.25, 0.3) is 0 Å². The Morgan fingerprint density at radius 3 is 2.62 bits per heavy atom. The van der Waals surface area contributed by atoms with Crippen molar-refractivity contribution < 1.29 is 10.0 Å². The molecule has 114 valence electrons. The maximum atomic E-state index is 12.4. The van der Waals surface area contributed by atoms with Crippen molar-refractivity contribution in [1.82, 2.24) is 4.90 Å². The lowest BCUT2D eigenvalue weighted by atomic mass is 9.84. The minimum atomic E-state index is 0.0747. The van der Waals surface area contributed by atoms with Crippen LogP contribution in [0.15, 0.2) is 29.4 Å². The smallest absolute Gasteiger partial charge is 0.227 e. The van der Waals surface area contributed by atoms with E-state index in [1.165, 1.54) is 6.42 Å². The summed E-state index contributed by atoms with van der Waals surface area (Å²) in [4.78, 5) is 14.3. The molecule has 0 saturated carbocycles. The molecular weight excluding hydrogens is 266 g/mol. The number of hydrogen-bond acceptors (Lipinski definition) is 3. The minimum absolute atomic E-state index is 0.0747. The van der Waals surface area contributed by atoms with Gasteiger partial charge in [0.15, 0.2) is 5.84 Å². The monoisotopic (exact) mass is 289 g/mol. The first-order valence-corrected chi connectivity index (χ1v) is 7.26. The molecule has 0 spiro atoms. The van der Waals surface area contributed by atoms with Crippen molar-refractivity contribution in [2.75, 3.05) is 13.1 Å². The average Bonchev–Trinajstić information content (AvgIpc) is 2.46. The lowest BCUT2D eigenvalue weighted by molar-refractivity contribution is -0.133. The summed E-state index contributed by atoms with van der Waals surface area (Å²) >= 11 is 0. The second-order valence-corrected chi connectivity index (χ2v) is 6.44. The van der Waals surface area contributed by atoms with Gasteiger partial charge in [0.1, 0.15) is 0 Å². The predicted octanol–water partition coefficient (Wildman–Crippen LogP) is 1.97. The fourth-order valence-electron chi connectivity index (χ4n) is 2.77. The normalized spacial score (nSPS) is 18.6. The first-order valence-electron chi connectivity index (χ1n) is 7.26. The zero-order chi connectivity index (χ0) is 15.5. The fourth-order valence-corrected chi connectivity index (χ4v) is 2.77. The van der Waals surface area contributed by atoms with Gasteiger partial charge in [0.2, 0.25) is 5.91 Å². The average molecular weight is 289 g/mol. The van der Waals surface area contributed by atoms with Gasteiger partial charge < -0.3 is 15.8 Å². The molecule has 5 nitrogen and oxygen atoms in total. The van der Waals surface area contributed by atoms with Crippen LogP contribution < -0.4 is 5.73 Å². The number of amides is 1. The maximum Gasteiger partial charge on any atom is 0.227 e. The molecule has 1 fully saturated rings. The number of carbonyl (C=O) groups excluding carboxylic acids is 1. The Morgan fingerprint density at radius 1 is 1.38 bits per heavy atom. The third-order valence-corrected chi connectivity index (χ3v) is 3.97. The quantitative estimate of drug-likeness (QED) is 0.386. The summed E-state index contributed by atoms with van der Waals surface area (Å²) in [6.45, 7) is 6.09. The molecule has 0 unspecified atom stereocenters. The molecule has 1 heterocycles. The van der Waals surface area contributed by atoms with Gasteiger partial charge in [-0.15, -0.1) is 0 Å². The zero-order valence-electron chi connectivity index (χ0n) is 12.7. The van der Waals surface area contributed by atoms with Crippen LogP contribution in [0.3, 0.4) is 0 Å². The molecule has 1 aromatic carbocycles. The number of oxime groups is 1. The van der Waals surface area contributed by atoms with E-state index < -0.39 is 0 Å². The van der Waals surface area contributed by atoms with Gasteiger partial charge in [0.05, 0.1) is 6.42 Å². The molecule has 1 saturated heterocycles.